The average Bonchev–Trinajstić information content (AvgIpc) is 2.45. The van der Waals surface area contributed by atoms with E-state index in [0.717, 1.165) is 21.3 Å². The number of ether oxygens (including phenoxy) is 1. The van der Waals surface area contributed by atoms with Crippen LogP contribution in [0, 0.1) is 19.7 Å². The number of halogens is 2. The lowest BCUT2D eigenvalue weighted by molar-refractivity contribution is 0.461. The van der Waals surface area contributed by atoms with E-state index in [1.165, 1.54) is 6.07 Å². The Morgan fingerprint density at radius 3 is 2.48 bits per heavy atom. The van der Waals surface area contributed by atoms with Gasteiger partial charge in [0.15, 0.2) is 0 Å². The van der Waals surface area contributed by atoms with Crippen molar-refractivity contribution >= 4 is 15.9 Å². The van der Waals surface area contributed by atoms with Gasteiger partial charge in [-0.05, 0) is 69.3 Å². The van der Waals surface area contributed by atoms with Crippen molar-refractivity contribution in [3.63, 3.8) is 0 Å². The van der Waals surface area contributed by atoms with Gasteiger partial charge < -0.3 is 10.1 Å². The average molecular weight is 352 g/mol. The van der Waals surface area contributed by atoms with Crippen LogP contribution in [0.3, 0.4) is 0 Å². The van der Waals surface area contributed by atoms with Crippen molar-refractivity contribution in [2.45, 2.75) is 26.8 Å². The molecule has 0 heterocycles. The van der Waals surface area contributed by atoms with Crippen LogP contribution in [0.4, 0.5) is 4.39 Å². The van der Waals surface area contributed by atoms with Crippen LogP contribution in [0.5, 0.6) is 11.5 Å². The molecule has 0 bridgehead atoms. The van der Waals surface area contributed by atoms with E-state index in [9.17, 15) is 4.39 Å². The summed E-state index contributed by atoms with van der Waals surface area (Å²) in [7, 11) is 1.84. The maximum Gasteiger partial charge on any atom is 0.132 e. The monoisotopic (exact) mass is 351 g/mol. The molecule has 4 heteroatoms. The van der Waals surface area contributed by atoms with Crippen LogP contribution >= 0.6 is 15.9 Å². The summed E-state index contributed by atoms with van der Waals surface area (Å²) in [6.07, 6.45) is 0. The summed E-state index contributed by atoms with van der Waals surface area (Å²) < 4.78 is 20.8. The second-order valence-corrected chi connectivity index (χ2v) is 6.02. The van der Waals surface area contributed by atoms with Crippen molar-refractivity contribution in [1.29, 1.82) is 0 Å². The Bertz CT molecular complexity index is 657. The molecule has 2 aromatic rings. The Hall–Kier alpha value is -1.39. The minimum Gasteiger partial charge on any atom is -0.457 e. The van der Waals surface area contributed by atoms with Crippen LogP contribution < -0.4 is 10.1 Å². The van der Waals surface area contributed by atoms with Gasteiger partial charge in [-0.15, -0.1) is 0 Å². The van der Waals surface area contributed by atoms with E-state index in [4.69, 9.17) is 4.74 Å². The first-order valence-electron chi connectivity index (χ1n) is 6.83. The molecular weight excluding hydrogens is 333 g/mol. The van der Waals surface area contributed by atoms with Gasteiger partial charge in [0, 0.05) is 16.1 Å². The smallest absolute Gasteiger partial charge is 0.132 e. The van der Waals surface area contributed by atoms with Crippen molar-refractivity contribution in [3.8, 4) is 11.5 Å². The maximum absolute atomic E-state index is 13.8. The first-order chi connectivity index (χ1) is 9.92. The van der Waals surface area contributed by atoms with Crippen LogP contribution in [0.1, 0.15) is 29.7 Å². The molecule has 1 atom stereocenters. The summed E-state index contributed by atoms with van der Waals surface area (Å²) in [5.41, 5.74) is 2.47. The highest BCUT2D eigenvalue weighted by atomic mass is 79.9. The maximum atomic E-state index is 13.8. The first-order valence-corrected chi connectivity index (χ1v) is 7.63. The number of hydrogen-bond acceptors (Lipinski definition) is 2. The second kappa shape index (κ2) is 6.58. The van der Waals surface area contributed by atoms with Gasteiger partial charge in [0.2, 0.25) is 0 Å². The van der Waals surface area contributed by atoms with Gasteiger partial charge in [0.05, 0.1) is 0 Å². The number of hydrogen-bond donors (Lipinski definition) is 1. The van der Waals surface area contributed by atoms with Gasteiger partial charge in [0.1, 0.15) is 17.3 Å². The van der Waals surface area contributed by atoms with E-state index in [2.05, 4.69) is 21.2 Å². The molecule has 112 valence electrons. The molecule has 0 amide bonds. The third kappa shape index (κ3) is 3.63. The highest BCUT2D eigenvalue weighted by molar-refractivity contribution is 9.10. The molecule has 21 heavy (non-hydrogen) atoms. The quantitative estimate of drug-likeness (QED) is 0.809. The van der Waals surface area contributed by atoms with Crippen LogP contribution in [0.25, 0.3) is 0 Å². The largest absolute Gasteiger partial charge is 0.457 e. The molecule has 2 rings (SSSR count). The zero-order valence-electron chi connectivity index (χ0n) is 12.6. The SMILES string of the molecule is CNC(C)c1cc(F)c(C)cc1Oc1ccc(Br)c(C)c1. The minimum absolute atomic E-state index is 0.00615. The normalized spacial score (nSPS) is 12.3. The molecule has 0 aliphatic heterocycles. The summed E-state index contributed by atoms with van der Waals surface area (Å²) in [6.45, 7) is 5.72. The Kier molecular flexibility index (Phi) is 5.01. The van der Waals surface area contributed by atoms with Gasteiger partial charge in [-0.3, -0.25) is 0 Å². The molecule has 1 N–H and O–H groups in total. The van der Waals surface area contributed by atoms with E-state index in [1.54, 1.807) is 13.0 Å². The molecule has 0 saturated carbocycles. The Labute approximate surface area is 133 Å². The van der Waals surface area contributed by atoms with E-state index in [1.807, 2.05) is 39.1 Å². The Morgan fingerprint density at radius 1 is 1.14 bits per heavy atom. The Balaban J connectivity index is 2.42. The predicted molar refractivity (Wildman–Crippen MR) is 87.6 cm³/mol. The van der Waals surface area contributed by atoms with Gasteiger partial charge in [-0.1, -0.05) is 15.9 Å². The van der Waals surface area contributed by atoms with E-state index in [0.29, 0.717) is 11.3 Å². The summed E-state index contributed by atoms with van der Waals surface area (Å²) in [5.74, 6) is 1.20. The van der Waals surface area contributed by atoms with Crippen molar-refractivity contribution in [1.82, 2.24) is 5.32 Å². The molecule has 0 spiro atoms. The third-order valence-electron chi connectivity index (χ3n) is 3.55. The summed E-state index contributed by atoms with van der Waals surface area (Å²) in [6, 6.07) is 9.09. The molecule has 0 aliphatic carbocycles. The fraction of sp³-hybridized carbons (Fsp3) is 0.294. The summed E-state index contributed by atoms with van der Waals surface area (Å²) >= 11 is 3.47. The standard InChI is InChI=1S/C17H19BrFNO/c1-10-7-13(5-6-15(10)18)21-17-8-11(2)16(19)9-14(17)12(3)20-4/h5-9,12,20H,1-4H3. The molecule has 2 nitrogen and oxygen atoms in total. The predicted octanol–water partition coefficient (Wildman–Crippen LogP) is 5.28. The van der Waals surface area contributed by atoms with Crippen LogP contribution in [-0.2, 0) is 0 Å². The fourth-order valence-electron chi connectivity index (χ4n) is 2.06. The van der Waals surface area contributed by atoms with Crippen molar-refractivity contribution < 1.29 is 9.13 Å². The van der Waals surface area contributed by atoms with Gasteiger partial charge in [0.25, 0.3) is 0 Å². The van der Waals surface area contributed by atoms with Gasteiger partial charge in [-0.2, -0.15) is 0 Å². The lowest BCUT2D eigenvalue weighted by Gasteiger charge is -2.18. The molecular formula is C17H19BrFNO. The lowest BCUT2D eigenvalue weighted by atomic mass is 10.0. The third-order valence-corrected chi connectivity index (χ3v) is 4.44. The van der Waals surface area contributed by atoms with Crippen LogP contribution in [0.2, 0.25) is 0 Å². The van der Waals surface area contributed by atoms with Crippen molar-refractivity contribution in [3.05, 3.63) is 57.3 Å². The molecule has 0 aromatic heterocycles. The molecule has 2 aromatic carbocycles. The molecule has 1 unspecified atom stereocenters. The highest BCUT2D eigenvalue weighted by Gasteiger charge is 2.14. The number of rotatable bonds is 4. The van der Waals surface area contributed by atoms with E-state index >= 15 is 0 Å². The molecule has 0 fully saturated rings. The molecule has 0 radical (unpaired) electrons. The Morgan fingerprint density at radius 2 is 1.86 bits per heavy atom. The topological polar surface area (TPSA) is 21.3 Å². The summed E-state index contributed by atoms with van der Waals surface area (Å²) in [4.78, 5) is 0. The van der Waals surface area contributed by atoms with E-state index in [-0.39, 0.29) is 11.9 Å². The highest BCUT2D eigenvalue weighted by Crippen LogP contribution is 2.33. The van der Waals surface area contributed by atoms with Crippen LogP contribution in [-0.4, -0.2) is 7.05 Å². The molecule has 0 saturated heterocycles. The number of aryl methyl sites for hydroxylation is 2. The number of nitrogens with one attached hydrogen (secondary N) is 1. The van der Waals surface area contributed by atoms with Crippen molar-refractivity contribution in [2.75, 3.05) is 7.05 Å². The zero-order chi connectivity index (χ0) is 15.6. The second-order valence-electron chi connectivity index (χ2n) is 5.16. The van der Waals surface area contributed by atoms with Crippen molar-refractivity contribution in [2.24, 2.45) is 0 Å². The van der Waals surface area contributed by atoms with Gasteiger partial charge >= 0.3 is 0 Å². The van der Waals surface area contributed by atoms with E-state index < -0.39 is 0 Å². The molecule has 0 aliphatic rings. The zero-order valence-corrected chi connectivity index (χ0v) is 14.2. The van der Waals surface area contributed by atoms with Crippen LogP contribution in [0.15, 0.2) is 34.8 Å². The minimum atomic E-state index is -0.216. The summed E-state index contributed by atoms with van der Waals surface area (Å²) in [5, 5.41) is 3.12. The first kappa shape index (κ1) is 16.0. The number of benzene rings is 2. The lowest BCUT2D eigenvalue weighted by Crippen LogP contribution is -2.13. The fourth-order valence-corrected chi connectivity index (χ4v) is 2.31. The van der Waals surface area contributed by atoms with Gasteiger partial charge in [-0.25, -0.2) is 4.39 Å².